The Balaban J connectivity index is 3.07. The van der Waals surface area contributed by atoms with Gasteiger partial charge in [-0.2, -0.15) is 5.26 Å². The molecule has 92 valence electrons. The molecule has 0 aliphatic carbocycles. The van der Waals surface area contributed by atoms with Crippen molar-refractivity contribution in [1.29, 1.82) is 5.26 Å². The summed E-state index contributed by atoms with van der Waals surface area (Å²) in [5.74, 6) is -0.00519. The lowest BCUT2D eigenvalue weighted by Gasteiger charge is -2.27. The van der Waals surface area contributed by atoms with Crippen molar-refractivity contribution < 1.29 is 0 Å². The number of para-hydroxylation sites is 1. The van der Waals surface area contributed by atoms with Gasteiger partial charge in [0.25, 0.3) is 0 Å². The maximum absolute atomic E-state index is 8.90. The van der Waals surface area contributed by atoms with Gasteiger partial charge in [-0.15, -0.1) is 0 Å². The molecule has 0 amide bonds. The molecule has 2 nitrogen and oxygen atoms in total. The fourth-order valence-corrected chi connectivity index (χ4v) is 2.54. The Hall–Kier alpha value is -0.720. The second-order valence-corrected chi connectivity index (χ2v) is 4.92. The van der Waals surface area contributed by atoms with Gasteiger partial charge in [-0.05, 0) is 25.5 Å². The van der Waals surface area contributed by atoms with Crippen molar-refractivity contribution >= 4 is 33.2 Å². The molecule has 0 heterocycles. The molecule has 0 spiro atoms. The molecule has 0 saturated heterocycles. The van der Waals surface area contributed by atoms with Crippen molar-refractivity contribution in [2.24, 2.45) is 5.92 Å². The Bertz CT molecular complexity index is 414. The molecule has 1 aromatic carbocycles. The van der Waals surface area contributed by atoms with Gasteiger partial charge in [-0.25, -0.2) is 0 Å². The van der Waals surface area contributed by atoms with E-state index in [0.29, 0.717) is 6.54 Å². The van der Waals surface area contributed by atoms with E-state index in [2.05, 4.69) is 39.9 Å². The van der Waals surface area contributed by atoms with Crippen LogP contribution in [0.15, 0.2) is 18.2 Å². The Morgan fingerprint density at radius 3 is 2.76 bits per heavy atom. The van der Waals surface area contributed by atoms with E-state index >= 15 is 0 Å². The molecule has 17 heavy (non-hydrogen) atoms. The van der Waals surface area contributed by atoms with Crippen molar-refractivity contribution in [3.8, 4) is 6.07 Å². The predicted molar refractivity (Wildman–Crippen MR) is 76.7 cm³/mol. The summed E-state index contributed by atoms with van der Waals surface area (Å²) < 4.78 is 0. The molecule has 1 atom stereocenters. The molecule has 1 aromatic rings. The van der Waals surface area contributed by atoms with Gasteiger partial charge in [0.05, 0.1) is 22.7 Å². The lowest BCUT2D eigenvalue weighted by atomic mass is 10.1. The number of nitriles is 1. The predicted octanol–water partition coefficient (Wildman–Crippen LogP) is 4.22. The highest BCUT2D eigenvalue weighted by molar-refractivity contribution is 9.08. The lowest BCUT2D eigenvalue weighted by molar-refractivity contribution is 0.685. The Morgan fingerprint density at radius 1 is 1.53 bits per heavy atom. The van der Waals surface area contributed by atoms with E-state index < -0.39 is 0 Å². The first kappa shape index (κ1) is 14.3. The maximum Gasteiger partial charge on any atom is 0.0671 e. The van der Waals surface area contributed by atoms with Gasteiger partial charge in [-0.3, -0.25) is 0 Å². The molecule has 4 heteroatoms. The Morgan fingerprint density at radius 2 is 2.24 bits per heavy atom. The first-order chi connectivity index (χ1) is 8.13. The quantitative estimate of drug-likeness (QED) is 0.761. The van der Waals surface area contributed by atoms with Gasteiger partial charge in [0, 0.05) is 18.4 Å². The van der Waals surface area contributed by atoms with E-state index in [0.717, 1.165) is 28.1 Å². The minimum atomic E-state index is -0.00519. The third-order valence-corrected chi connectivity index (χ3v) is 3.54. The summed E-state index contributed by atoms with van der Waals surface area (Å²) in [6, 6.07) is 8.15. The van der Waals surface area contributed by atoms with Crippen molar-refractivity contribution in [2.75, 3.05) is 18.0 Å². The topological polar surface area (TPSA) is 27.0 Å². The van der Waals surface area contributed by atoms with Crippen LogP contribution in [-0.2, 0) is 5.33 Å². The van der Waals surface area contributed by atoms with Crippen LogP contribution in [0.5, 0.6) is 0 Å². The number of halogens is 2. The van der Waals surface area contributed by atoms with Crippen LogP contribution in [0.4, 0.5) is 5.69 Å². The summed E-state index contributed by atoms with van der Waals surface area (Å²) >= 11 is 9.74. The molecular weight excluding hydrogens is 300 g/mol. The minimum absolute atomic E-state index is 0.00519. The molecule has 0 radical (unpaired) electrons. The Kier molecular flexibility index (Phi) is 5.80. The summed E-state index contributed by atoms with van der Waals surface area (Å²) in [4.78, 5) is 2.16. The number of hydrogen-bond acceptors (Lipinski definition) is 2. The zero-order valence-corrected chi connectivity index (χ0v) is 12.4. The average Bonchev–Trinajstić information content (AvgIpc) is 2.35. The van der Waals surface area contributed by atoms with E-state index in [1.807, 2.05) is 19.1 Å². The molecule has 0 aromatic heterocycles. The third kappa shape index (κ3) is 3.62. The monoisotopic (exact) mass is 314 g/mol. The van der Waals surface area contributed by atoms with Crippen molar-refractivity contribution in [2.45, 2.75) is 19.2 Å². The molecule has 1 unspecified atom stereocenters. The Labute approximate surface area is 116 Å². The van der Waals surface area contributed by atoms with Crippen molar-refractivity contribution in [1.82, 2.24) is 0 Å². The number of rotatable bonds is 5. The zero-order chi connectivity index (χ0) is 12.8. The molecular formula is C13H16BrClN2. The highest BCUT2D eigenvalue weighted by Gasteiger charge is 2.15. The van der Waals surface area contributed by atoms with E-state index in [9.17, 15) is 0 Å². The molecule has 0 bridgehead atoms. The third-order valence-electron chi connectivity index (χ3n) is 2.63. The standard InChI is InChI=1S/C13H16BrClN2/c1-3-17(9-10(2)8-16)13-11(7-14)5-4-6-12(13)15/h4-6,10H,3,7,9H2,1-2H3. The minimum Gasteiger partial charge on any atom is -0.369 e. The number of nitrogens with zero attached hydrogens (tertiary/aromatic N) is 2. The van der Waals surface area contributed by atoms with E-state index in [1.54, 1.807) is 0 Å². The SMILES string of the molecule is CCN(CC(C)C#N)c1c(Cl)cccc1CBr. The smallest absolute Gasteiger partial charge is 0.0671 e. The van der Waals surface area contributed by atoms with Gasteiger partial charge in [-0.1, -0.05) is 39.7 Å². The summed E-state index contributed by atoms with van der Waals surface area (Å²) in [5.41, 5.74) is 2.19. The molecule has 0 saturated carbocycles. The van der Waals surface area contributed by atoms with Gasteiger partial charge < -0.3 is 4.90 Å². The van der Waals surface area contributed by atoms with Gasteiger partial charge in [0.15, 0.2) is 0 Å². The average molecular weight is 316 g/mol. The highest BCUT2D eigenvalue weighted by Crippen LogP contribution is 2.31. The van der Waals surface area contributed by atoms with Gasteiger partial charge >= 0.3 is 0 Å². The fraction of sp³-hybridized carbons (Fsp3) is 0.462. The summed E-state index contributed by atoms with van der Waals surface area (Å²) in [6.07, 6.45) is 0. The van der Waals surface area contributed by atoms with Crippen LogP contribution in [0.3, 0.4) is 0 Å². The normalized spacial score (nSPS) is 11.9. The van der Waals surface area contributed by atoms with Crippen LogP contribution in [0, 0.1) is 17.2 Å². The second-order valence-electron chi connectivity index (χ2n) is 3.95. The first-order valence-electron chi connectivity index (χ1n) is 5.61. The molecule has 0 aliphatic heterocycles. The van der Waals surface area contributed by atoms with Crippen LogP contribution >= 0.6 is 27.5 Å². The molecule has 1 rings (SSSR count). The maximum atomic E-state index is 8.90. The highest BCUT2D eigenvalue weighted by atomic mass is 79.9. The first-order valence-corrected chi connectivity index (χ1v) is 7.11. The fourth-order valence-electron chi connectivity index (χ4n) is 1.77. The van der Waals surface area contributed by atoms with Crippen LogP contribution in [0.25, 0.3) is 0 Å². The largest absolute Gasteiger partial charge is 0.369 e. The summed E-state index contributed by atoms with van der Waals surface area (Å²) in [6.45, 7) is 5.55. The van der Waals surface area contributed by atoms with Gasteiger partial charge in [0.2, 0.25) is 0 Å². The summed E-state index contributed by atoms with van der Waals surface area (Å²) in [7, 11) is 0. The van der Waals surface area contributed by atoms with E-state index in [4.69, 9.17) is 16.9 Å². The van der Waals surface area contributed by atoms with Crippen molar-refractivity contribution in [3.05, 3.63) is 28.8 Å². The molecule has 0 fully saturated rings. The molecule has 0 N–H and O–H groups in total. The van der Waals surface area contributed by atoms with E-state index in [-0.39, 0.29) is 5.92 Å². The van der Waals surface area contributed by atoms with Crippen LogP contribution in [-0.4, -0.2) is 13.1 Å². The summed E-state index contributed by atoms with van der Waals surface area (Å²) in [5, 5.41) is 10.4. The van der Waals surface area contributed by atoms with Crippen LogP contribution in [0.1, 0.15) is 19.4 Å². The second kappa shape index (κ2) is 6.88. The van der Waals surface area contributed by atoms with Crippen molar-refractivity contribution in [3.63, 3.8) is 0 Å². The van der Waals surface area contributed by atoms with Gasteiger partial charge in [0.1, 0.15) is 0 Å². The lowest BCUT2D eigenvalue weighted by Crippen LogP contribution is -2.28. The van der Waals surface area contributed by atoms with Crippen LogP contribution in [0.2, 0.25) is 5.02 Å². The number of benzene rings is 1. The van der Waals surface area contributed by atoms with E-state index in [1.165, 1.54) is 0 Å². The number of alkyl halides is 1. The zero-order valence-electron chi connectivity index (χ0n) is 10.1. The van der Waals surface area contributed by atoms with Crippen LogP contribution < -0.4 is 4.90 Å². The molecule has 0 aliphatic rings. The number of hydrogen-bond donors (Lipinski definition) is 0. The number of anilines is 1.